The molecule has 1 fully saturated rings. The van der Waals surface area contributed by atoms with Crippen LogP contribution < -0.4 is 5.32 Å². The third kappa shape index (κ3) is 2.92. The number of aromatic nitrogens is 3. The summed E-state index contributed by atoms with van der Waals surface area (Å²) >= 11 is 0. The molecule has 1 unspecified atom stereocenters. The fraction of sp³-hybridized carbons (Fsp3) is 0.667. The molecule has 1 aromatic rings. The summed E-state index contributed by atoms with van der Waals surface area (Å²) in [5.41, 5.74) is 0. The monoisotopic (exact) mass is 220 g/mol. The van der Waals surface area contributed by atoms with Crippen LogP contribution in [0, 0.1) is 5.92 Å². The average molecular weight is 220 g/mol. The molecule has 1 atom stereocenters. The smallest absolute Gasteiger partial charge is 0.146 e. The molecule has 0 saturated heterocycles. The molecule has 1 saturated carbocycles. The highest BCUT2D eigenvalue weighted by Crippen LogP contribution is 2.34. The van der Waals surface area contributed by atoms with Gasteiger partial charge in [-0.25, -0.2) is 0 Å². The number of rotatable bonds is 7. The Kier molecular flexibility index (Phi) is 3.72. The van der Waals surface area contributed by atoms with Crippen LogP contribution >= 0.6 is 0 Å². The van der Waals surface area contributed by atoms with E-state index in [0.717, 1.165) is 24.7 Å². The van der Waals surface area contributed by atoms with Crippen LogP contribution in [0.2, 0.25) is 0 Å². The van der Waals surface area contributed by atoms with Crippen molar-refractivity contribution < 1.29 is 0 Å². The van der Waals surface area contributed by atoms with Crippen LogP contribution in [0.25, 0.3) is 0 Å². The lowest BCUT2D eigenvalue weighted by molar-refractivity contribution is 0.427. The predicted molar refractivity (Wildman–Crippen MR) is 63.8 cm³/mol. The third-order valence-corrected chi connectivity index (χ3v) is 3.20. The summed E-state index contributed by atoms with van der Waals surface area (Å²) in [5, 5.41) is 11.5. The summed E-state index contributed by atoms with van der Waals surface area (Å²) in [4.78, 5) is 0. The zero-order valence-corrected chi connectivity index (χ0v) is 9.89. The van der Waals surface area contributed by atoms with E-state index in [1.165, 1.54) is 19.3 Å². The summed E-state index contributed by atoms with van der Waals surface area (Å²) in [6.07, 6.45) is 8.76. The van der Waals surface area contributed by atoms with Crippen molar-refractivity contribution in [1.82, 2.24) is 20.1 Å². The first-order valence-corrected chi connectivity index (χ1v) is 5.98. The van der Waals surface area contributed by atoms with Gasteiger partial charge < -0.3 is 9.88 Å². The highest BCUT2D eigenvalue weighted by Gasteiger charge is 2.30. The average Bonchev–Trinajstić information content (AvgIpc) is 3.04. The van der Waals surface area contributed by atoms with Gasteiger partial charge in [0, 0.05) is 13.1 Å². The van der Waals surface area contributed by atoms with E-state index in [-0.39, 0.29) is 0 Å². The number of nitrogens with zero attached hydrogens (tertiary/aromatic N) is 3. The Hall–Kier alpha value is -1.16. The summed E-state index contributed by atoms with van der Waals surface area (Å²) < 4.78 is 1.96. The summed E-state index contributed by atoms with van der Waals surface area (Å²) in [6.45, 7) is 4.60. The summed E-state index contributed by atoms with van der Waals surface area (Å²) in [7, 11) is 1.98. The SMILES string of the molecule is C=CCCC(NCc1nncn1C)C1CC1. The van der Waals surface area contributed by atoms with Crippen LogP contribution in [0.3, 0.4) is 0 Å². The second-order valence-electron chi connectivity index (χ2n) is 4.55. The van der Waals surface area contributed by atoms with E-state index in [4.69, 9.17) is 0 Å². The number of allylic oxidation sites excluding steroid dienone is 1. The molecule has 0 aromatic carbocycles. The van der Waals surface area contributed by atoms with Gasteiger partial charge in [-0.15, -0.1) is 16.8 Å². The molecule has 1 aromatic heterocycles. The summed E-state index contributed by atoms with van der Waals surface area (Å²) in [6, 6.07) is 0.620. The van der Waals surface area contributed by atoms with E-state index in [0.29, 0.717) is 6.04 Å². The second-order valence-corrected chi connectivity index (χ2v) is 4.55. The van der Waals surface area contributed by atoms with Gasteiger partial charge in [0.25, 0.3) is 0 Å². The molecular weight excluding hydrogens is 200 g/mol. The molecular formula is C12H20N4. The van der Waals surface area contributed by atoms with Gasteiger partial charge in [0.1, 0.15) is 12.2 Å². The van der Waals surface area contributed by atoms with Gasteiger partial charge in [0.15, 0.2) is 0 Å². The first kappa shape index (κ1) is 11.3. The lowest BCUT2D eigenvalue weighted by Gasteiger charge is -2.16. The fourth-order valence-corrected chi connectivity index (χ4v) is 1.99. The number of hydrogen-bond acceptors (Lipinski definition) is 3. The maximum absolute atomic E-state index is 4.08. The van der Waals surface area contributed by atoms with Crippen molar-refractivity contribution in [2.75, 3.05) is 0 Å². The minimum atomic E-state index is 0.620. The van der Waals surface area contributed by atoms with Gasteiger partial charge in [-0.2, -0.15) is 0 Å². The Balaban J connectivity index is 1.81. The van der Waals surface area contributed by atoms with Crippen molar-refractivity contribution >= 4 is 0 Å². The molecule has 0 aliphatic heterocycles. The first-order valence-electron chi connectivity index (χ1n) is 5.98. The standard InChI is InChI=1S/C12H20N4/c1-3-4-5-11(10-6-7-10)13-8-12-15-14-9-16(12)2/h3,9-11,13H,1,4-8H2,2H3. The minimum absolute atomic E-state index is 0.620. The van der Waals surface area contributed by atoms with Crippen LogP contribution in [0.1, 0.15) is 31.5 Å². The van der Waals surface area contributed by atoms with Crippen molar-refractivity contribution in [3.63, 3.8) is 0 Å². The van der Waals surface area contributed by atoms with E-state index in [1.807, 2.05) is 17.7 Å². The van der Waals surface area contributed by atoms with Gasteiger partial charge in [0.2, 0.25) is 0 Å². The predicted octanol–water partition coefficient (Wildman–Crippen LogP) is 1.65. The first-order chi connectivity index (χ1) is 7.81. The largest absolute Gasteiger partial charge is 0.320 e. The van der Waals surface area contributed by atoms with E-state index in [9.17, 15) is 0 Å². The van der Waals surface area contributed by atoms with Gasteiger partial charge in [-0.1, -0.05) is 6.08 Å². The van der Waals surface area contributed by atoms with Gasteiger partial charge in [-0.05, 0) is 31.6 Å². The number of nitrogens with one attached hydrogen (secondary N) is 1. The maximum Gasteiger partial charge on any atom is 0.146 e. The molecule has 0 radical (unpaired) electrons. The molecule has 0 bridgehead atoms. The van der Waals surface area contributed by atoms with Crippen molar-refractivity contribution in [3.8, 4) is 0 Å². The van der Waals surface area contributed by atoms with Crippen LogP contribution in [0.4, 0.5) is 0 Å². The molecule has 0 amide bonds. The lowest BCUT2D eigenvalue weighted by atomic mass is 10.1. The van der Waals surface area contributed by atoms with E-state index < -0.39 is 0 Å². The van der Waals surface area contributed by atoms with E-state index in [2.05, 4.69) is 22.1 Å². The maximum atomic E-state index is 4.08. The van der Waals surface area contributed by atoms with Crippen molar-refractivity contribution in [2.24, 2.45) is 13.0 Å². The highest BCUT2D eigenvalue weighted by atomic mass is 15.3. The van der Waals surface area contributed by atoms with Gasteiger partial charge in [0.05, 0.1) is 6.54 Å². The molecule has 1 N–H and O–H groups in total. The van der Waals surface area contributed by atoms with Crippen molar-refractivity contribution in [2.45, 2.75) is 38.3 Å². The second kappa shape index (κ2) is 5.25. The zero-order valence-electron chi connectivity index (χ0n) is 9.89. The van der Waals surface area contributed by atoms with Crippen LogP contribution in [0.15, 0.2) is 19.0 Å². The topological polar surface area (TPSA) is 42.7 Å². The molecule has 0 spiro atoms. The van der Waals surface area contributed by atoms with Crippen molar-refractivity contribution in [3.05, 3.63) is 24.8 Å². The fourth-order valence-electron chi connectivity index (χ4n) is 1.99. The van der Waals surface area contributed by atoms with Gasteiger partial charge >= 0.3 is 0 Å². The normalized spacial score (nSPS) is 17.3. The third-order valence-electron chi connectivity index (χ3n) is 3.20. The molecule has 2 rings (SSSR count). The summed E-state index contributed by atoms with van der Waals surface area (Å²) in [5.74, 6) is 1.87. The highest BCUT2D eigenvalue weighted by molar-refractivity contribution is 4.91. The molecule has 4 nitrogen and oxygen atoms in total. The Morgan fingerprint density at radius 1 is 1.69 bits per heavy atom. The quantitative estimate of drug-likeness (QED) is 0.710. The molecule has 1 aliphatic carbocycles. The lowest BCUT2D eigenvalue weighted by Crippen LogP contribution is -2.31. The number of aryl methyl sites for hydroxylation is 1. The molecule has 16 heavy (non-hydrogen) atoms. The Labute approximate surface area is 96.8 Å². The van der Waals surface area contributed by atoms with Crippen LogP contribution in [-0.2, 0) is 13.6 Å². The van der Waals surface area contributed by atoms with E-state index >= 15 is 0 Å². The van der Waals surface area contributed by atoms with Crippen LogP contribution in [0.5, 0.6) is 0 Å². The minimum Gasteiger partial charge on any atom is -0.320 e. The zero-order chi connectivity index (χ0) is 11.4. The van der Waals surface area contributed by atoms with Crippen LogP contribution in [-0.4, -0.2) is 20.8 Å². The van der Waals surface area contributed by atoms with Crippen molar-refractivity contribution in [1.29, 1.82) is 0 Å². The van der Waals surface area contributed by atoms with Gasteiger partial charge in [-0.3, -0.25) is 0 Å². The molecule has 4 heteroatoms. The molecule has 88 valence electrons. The Morgan fingerprint density at radius 3 is 3.06 bits per heavy atom. The molecule has 1 aliphatic rings. The Bertz CT molecular complexity index is 341. The van der Waals surface area contributed by atoms with E-state index in [1.54, 1.807) is 6.33 Å². The Morgan fingerprint density at radius 2 is 2.50 bits per heavy atom. The number of hydrogen-bond donors (Lipinski definition) is 1. The molecule has 1 heterocycles.